The Balaban J connectivity index is 1.41. The summed E-state index contributed by atoms with van der Waals surface area (Å²) >= 11 is 0. The number of carbonyl (C=O) groups excluding carboxylic acids is 1. The molecule has 0 bridgehead atoms. The van der Waals surface area contributed by atoms with Crippen molar-refractivity contribution in [3.8, 4) is 0 Å². The Morgan fingerprint density at radius 1 is 1.32 bits per heavy atom. The number of nitrogens with zero attached hydrogens (tertiary/aromatic N) is 5. The van der Waals surface area contributed by atoms with Crippen molar-refractivity contribution in [3.63, 3.8) is 0 Å². The molecule has 0 saturated carbocycles. The fourth-order valence-corrected chi connectivity index (χ4v) is 4.39. The number of pyridine rings is 1. The molecule has 0 aliphatic carbocycles. The zero-order valence-corrected chi connectivity index (χ0v) is 16.6. The minimum atomic E-state index is -0.434. The lowest BCUT2D eigenvalue weighted by molar-refractivity contribution is 0.0587. The lowest BCUT2D eigenvalue weighted by Crippen LogP contribution is -2.44. The van der Waals surface area contributed by atoms with Crippen molar-refractivity contribution in [2.45, 2.75) is 45.1 Å². The van der Waals surface area contributed by atoms with Gasteiger partial charge in [0.1, 0.15) is 11.5 Å². The van der Waals surface area contributed by atoms with Crippen LogP contribution in [0.25, 0.3) is 0 Å². The first-order valence-corrected chi connectivity index (χ1v) is 9.81. The molecule has 8 heteroatoms. The fourth-order valence-electron chi connectivity index (χ4n) is 4.39. The van der Waals surface area contributed by atoms with E-state index >= 15 is 0 Å². The molecule has 1 spiro atoms. The van der Waals surface area contributed by atoms with Gasteiger partial charge < -0.3 is 9.42 Å². The van der Waals surface area contributed by atoms with Crippen LogP contribution in [0, 0.1) is 11.2 Å². The maximum atomic E-state index is 13.0. The van der Waals surface area contributed by atoms with Gasteiger partial charge in [-0.05, 0) is 43.9 Å². The van der Waals surface area contributed by atoms with E-state index in [-0.39, 0.29) is 23.3 Å². The van der Waals surface area contributed by atoms with Crippen LogP contribution in [-0.4, -0.2) is 57.5 Å². The first-order valence-electron chi connectivity index (χ1n) is 9.81. The quantitative estimate of drug-likeness (QED) is 0.806. The van der Waals surface area contributed by atoms with E-state index in [9.17, 15) is 9.18 Å². The van der Waals surface area contributed by atoms with Crippen LogP contribution in [0.2, 0.25) is 0 Å². The van der Waals surface area contributed by atoms with Gasteiger partial charge in [0.05, 0.1) is 12.2 Å². The minimum absolute atomic E-state index is 0.127. The molecule has 150 valence electrons. The largest absolute Gasteiger partial charge is 0.339 e. The van der Waals surface area contributed by atoms with Gasteiger partial charge in [0.25, 0.3) is 5.91 Å². The van der Waals surface area contributed by atoms with Crippen LogP contribution in [0.5, 0.6) is 0 Å². The van der Waals surface area contributed by atoms with Gasteiger partial charge in [0, 0.05) is 25.6 Å². The standard InChI is InChI=1S/C20H26FN5O2/c1-13(2)18-23-17(24-28-18)16-10-20(12-25(16)3)6-8-26(9-7-20)19(27)15-5-4-14(21)11-22-15/h4-5,11,13,16H,6-10,12H2,1-3H3. The molecule has 4 rings (SSSR count). The van der Waals surface area contributed by atoms with E-state index in [0.717, 1.165) is 37.8 Å². The number of amides is 1. The average molecular weight is 387 g/mol. The van der Waals surface area contributed by atoms with Gasteiger partial charge >= 0.3 is 0 Å². The molecule has 2 saturated heterocycles. The number of rotatable bonds is 3. The highest BCUT2D eigenvalue weighted by Crippen LogP contribution is 2.47. The van der Waals surface area contributed by atoms with Crippen molar-refractivity contribution in [1.29, 1.82) is 0 Å². The molecule has 2 aliphatic heterocycles. The molecule has 0 N–H and O–H groups in total. The molecular formula is C20H26FN5O2. The highest BCUT2D eigenvalue weighted by Gasteiger charge is 2.46. The number of hydrogen-bond donors (Lipinski definition) is 0. The lowest BCUT2D eigenvalue weighted by atomic mass is 9.76. The first kappa shape index (κ1) is 19.0. The summed E-state index contributed by atoms with van der Waals surface area (Å²) in [6.07, 6.45) is 3.91. The fraction of sp³-hybridized carbons (Fsp3) is 0.600. The van der Waals surface area contributed by atoms with Crippen LogP contribution in [0.1, 0.15) is 67.3 Å². The van der Waals surface area contributed by atoms with Crippen molar-refractivity contribution < 1.29 is 13.7 Å². The molecule has 28 heavy (non-hydrogen) atoms. The number of halogens is 1. The summed E-state index contributed by atoms with van der Waals surface area (Å²) in [6, 6.07) is 2.87. The summed E-state index contributed by atoms with van der Waals surface area (Å²) in [7, 11) is 2.10. The maximum absolute atomic E-state index is 13.0. The summed E-state index contributed by atoms with van der Waals surface area (Å²) in [5.41, 5.74) is 0.456. The van der Waals surface area contributed by atoms with Crippen LogP contribution >= 0.6 is 0 Å². The topological polar surface area (TPSA) is 75.4 Å². The van der Waals surface area contributed by atoms with E-state index in [1.807, 2.05) is 18.7 Å². The van der Waals surface area contributed by atoms with Gasteiger partial charge in [-0.2, -0.15) is 4.98 Å². The Morgan fingerprint density at radius 2 is 2.07 bits per heavy atom. The summed E-state index contributed by atoms with van der Waals surface area (Å²) in [4.78, 5) is 25.3. The normalized spacial score (nSPS) is 22.3. The third kappa shape index (κ3) is 3.53. The first-order chi connectivity index (χ1) is 13.4. The van der Waals surface area contributed by atoms with E-state index in [1.165, 1.54) is 12.1 Å². The van der Waals surface area contributed by atoms with E-state index < -0.39 is 5.82 Å². The van der Waals surface area contributed by atoms with Gasteiger partial charge in [-0.1, -0.05) is 19.0 Å². The molecule has 2 fully saturated rings. The molecule has 7 nitrogen and oxygen atoms in total. The maximum Gasteiger partial charge on any atom is 0.272 e. The highest BCUT2D eigenvalue weighted by molar-refractivity contribution is 5.92. The van der Waals surface area contributed by atoms with Crippen molar-refractivity contribution in [2.75, 3.05) is 26.7 Å². The van der Waals surface area contributed by atoms with Crippen LogP contribution in [0.15, 0.2) is 22.9 Å². The van der Waals surface area contributed by atoms with E-state index in [1.54, 1.807) is 0 Å². The van der Waals surface area contributed by atoms with Gasteiger partial charge in [-0.25, -0.2) is 9.37 Å². The summed E-state index contributed by atoms with van der Waals surface area (Å²) in [6.45, 7) is 6.41. The number of aromatic nitrogens is 3. The molecule has 0 aromatic carbocycles. The Morgan fingerprint density at radius 3 is 2.68 bits per heavy atom. The van der Waals surface area contributed by atoms with E-state index in [0.29, 0.717) is 24.7 Å². The Labute approximate surface area is 163 Å². The molecule has 0 radical (unpaired) electrons. The van der Waals surface area contributed by atoms with Gasteiger partial charge in [0.15, 0.2) is 5.82 Å². The van der Waals surface area contributed by atoms with Crippen molar-refractivity contribution in [3.05, 3.63) is 41.6 Å². The summed E-state index contributed by atoms with van der Waals surface area (Å²) in [5, 5.41) is 4.21. The minimum Gasteiger partial charge on any atom is -0.339 e. The molecule has 1 amide bonds. The highest BCUT2D eigenvalue weighted by atomic mass is 19.1. The van der Waals surface area contributed by atoms with Crippen molar-refractivity contribution in [1.82, 2.24) is 24.9 Å². The number of hydrogen-bond acceptors (Lipinski definition) is 6. The number of likely N-dealkylation sites (tertiary alicyclic amines) is 2. The number of carbonyl (C=O) groups is 1. The second kappa shape index (κ2) is 7.24. The predicted molar refractivity (Wildman–Crippen MR) is 100 cm³/mol. The second-order valence-corrected chi connectivity index (χ2v) is 8.43. The predicted octanol–water partition coefficient (Wildman–Crippen LogP) is 3.03. The molecule has 2 aromatic heterocycles. The number of piperidine rings is 1. The van der Waals surface area contributed by atoms with Crippen molar-refractivity contribution >= 4 is 5.91 Å². The third-order valence-electron chi connectivity index (χ3n) is 6.05. The second-order valence-electron chi connectivity index (χ2n) is 8.43. The van der Waals surface area contributed by atoms with Crippen LogP contribution < -0.4 is 0 Å². The Bertz CT molecular complexity index is 843. The molecule has 2 aromatic rings. The molecule has 1 unspecified atom stereocenters. The van der Waals surface area contributed by atoms with Gasteiger partial charge in [0.2, 0.25) is 5.89 Å². The van der Waals surface area contributed by atoms with Gasteiger partial charge in [-0.3, -0.25) is 9.69 Å². The molecule has 4 heterocycles. The summed E-state index contributed by atoms with van der Waals surface area (Å²) in [5.74, 6) is 1.10. The van der Waals surface area contributed by atoms with Crippen LogP contribution in [0.3, 0.4) is 0 Å². The smallest absolute Gasteiger partial charge is 0.272 e. The van der Waals surface area contributed by atoms with Crippen molar-refractivity contribution in [2.24, 2.45) is 5.41 Å². The third-order valence-corrected chi connectivity index (χ3v) is 6.05. The SMILES string of the molecule is CC(C)c1nc(C2CC3(CCN(C(=O)c4ccc(F)cn4)CC3)CN2C)no1. The molecule has 1 atom stereocenters. The average Bonchev–Trinajstić information content (AvgIpc) is 3.28. The van der Waals surface area contributed by atoms with Crippen LogP contribution in [-0.2, 0) is 0 Å². The zero-order chi connectivity index (χ0) is 19.9. The monoisotopic (exact) mass is 387 g/mol. The zero-order valence-electron chi connectivity index (χ0n) is 16.6. The molecular weight excluding hydrogens is 361 g/mol. The Hall–Kier alpha value is -2.35. The summed E-state index contributed by atoms with van der Waals surface area (Å²) < 4.78 is 18.4. The lowest BCUT2D eigenvalue weighted by Gasteiger charge is -2.39. The molecule has 2 aliphatic rings. The van der Waals surface area contributed by atoms with Crippen LogP contribution in [0.4, 0.5) is 4.39 Å². The Kier molecular flexibility index (Phi) is 4.91. The van der Waals surface area contributed by atoms with E-state index in [2.05, 4.69) is 27.1 Å². The van der Waals surface area contributed by atoms with E-state index in [4.69, 9.17) is 4.52 Å². The van der Waals surface area contributed by atoms with Gasteiger partial charge in [-0.15, -0.1) is 0 Å².